The molecular weight excluding hydrogens is 435 g/mol. The summed E-state index contributed by atoms with van der Waals surface area (Å²) in [6, 6.07) is 11.4. The average molecular weight is 461 g/mol. The molecule has 8 heteroatoms. The van der Waals surface area contributed by atoms with Gasteiger partial charge in [0.15, 0.2) is 0 Å². The molecule has 0 bridgehead atoms. The summed E-state index contributed by atoms with van der Waals surface area (Å²) in [4.78, 5) is 17.3. The lowest BCUT2D eigenvalue weighted by molar-refractivity contribution is -0.119. The number of halogens is 2. The van der Waals surface area contributed by atoms with Crippen LogP contribution in [0.3, 0.4) is 0 Å². The number of benzene rings is 2. The molecule has 0 aromatic heterocycles. The number of nitrogens with one attached hydrogen (secondary N) is 1. The number of carbonyl (C=O) groups is 1. The fourth-order valence-corrected chi connectivity index (χ4v) is 3.89. The Hall–Kier alpha value is -2.70. The zero-order chi connectivity index (χ0) is 22.2. The number of ether oxygens (including phenoxy) is 1. The summed E-state index contributed by atoms with van der Waals surface area (Å²) in [5.74, 6) is 0.656. The number of anilines is 1. The monoisotopic (exact) mass is 460 g/mol. The van der Waals surface area contributed by atoms with Crippen LogP contribution < -0.4 is 15.8 Å². The van der Waals surface area contributed by atoms with Gasteiger partial charge in [-0.25, -0.2) is 0 Å². The van der Waals surface area contributed by atoms with Crippen LogP contribution >= 0.6 is 23.2 Å². The number of aliphatic imine (C=N–C) groups is 1. The van der Waals surface area contributed by atoms with Crippen LogP contribution in [0.1, 0.15) is 24.0 Å². The molecular formula is C23H26Cl2N4O2. The minimum absolute atomic E-state index is 0.181. The highest BCUT2D eigenvalue weighted by Crippen LogP contribution is 2.31. The minimum Gasteiger partial charge on any atom is -0.487 e. The van der Waals surface area contributed by atoms with Gasteiger partial charge in [0.2, 0.25) is 6.41 Å². The van der Waals surface area contributed by atoms with Gasteiger partial charge in [-0.15, -0.1) is 0 Å². The highest BCUT2D eigenvalue weighted by atomic mass is 35.5. The summed E-state index contributed by atoms with van der Waals surface area (Å²) in [6.07, 6.45) is 5.92. The van der Waals surface area contributed by atoms with Crippen LogP contribution in [-0.4, -0.2) is 43.7 Å². The van der Waals surface area contributed by atoms with Crippen molar-refractivity contribution in [1.29, 1.82) is 0 Å². The lowest BCUT2D eigenvalue weighted by Gasteiger charge is -2.26. The van der Waals surface area contributed by atoms with Crippen molar-refractivity contribution in [2.45, 2.75) is 25.5 Å². The van der Waals surface area contributed by atoms with E-state index in [1.165, 1.54) is 6.20 Å². The van der Waals surface area contributed by atoms with Gasteiger partial charge < -0.3 is 20.7 Å². The van der Waals surface area contributed by atoms with Gasteiger partial charge in [-0.3, -0.25) is 9.79 Å². The van der Waals surface area contributed by atoms with Gasteiger partial charge in [0.25, 0.3) is 0 Å². The Morgan fingerprint density at radius 3 is 2.58 bits per heavy atom. The van der Waals surface area contributed by atoms with E-state index in [-0.39, 0.29) is 12.6 Å². The summed E-state index contributed by atoms with van der Waals surface area (Å²) in [5.41, 5.74) is 9.14. The van der Waals surface area contributed by atoms with E-state index in [1.54, 1.807) is 29.3 Å². The molecule has 0 radical (unpaired) electrons. The van der Waals surface area contributed by atoms with E-state index in [0.29, 0.717) is 15.8 Å². The number of piperidine rings is 1. The number of hydrogen-bond acceptors (Lipinski definition) is 5. The third kappa shape index (κ3) is 5.93. The maximum absolute atomic E-state index is 10.9. The Labute approximate surface area is 192 Å². The number of carbonyl (C=O) groups excluding carboxylic acids is 1. The van der Waals surface area contributed by atoms with Crippen LogP contribution in [-0.2, 0) is 11.4 Å². The molecule has 0 spiro atoms. The fourth-order valence-electron chi connectivity index (χ4n) is 3.39. The molecule has 2 aromatic carbocycles. The summed E-state index contributed by atoms with van der Waals surface area (Å²) < 4.78 is 6.05. The number of nitrogens with two attached hydrogens (primary N) is 1. The molecule has 0 atom stereocenters. The number of rotatable bonds is 8. The molecule has 3 N–H and O–H groups in total. The highest BCUT2D eigenvalue weighted by Gasteiger charge is 2.17. The molecule has 1 aliphatic heterocycles. The molecule has 0 unspecified atom stereocenters. The first-order chi connectivity index (χ1) is 15.0. The smallest absolute Gasteiger partial charge is 0.209 e. The van der Waals surface area contributed by atoms with Gasteiger partial charge in [0.1, 0.15) is 12.4 Å². The topological polar surface area (TPSA) is 80.0 Å². The van der Waals surface area contributed by atoms with Gasteiger partial charge in [-0.1, -0.05) is 35.3 Å². The van der Waals surface area contributed by atoms with Crippen molar-refractivity contribution in [2.75, 3.05) is 25.5 Å². The van der Waals surface area contributed by atoms with Crippen molar-refractivity contribution in [1.82, 2.24) is 4.90 Å². The van der Waals surface area contributed by atoms with Crippen LogP contribution in [0.15, 0.2) is 47.6 Å². The summed E-state index contributed by atoms with van der Waals surface area (Å²) in [6.45, 7) is 1.70. The van der Waals surface area contributed by atoms with E-state index < -0.39 is 0 Å². The summed E-state index contributed by atoms with van der Waals surface area (Å²) in [5, 5.41) is 4.25. The molecule has 1 fully saturated rings. The van der Waals surface area contributed by atoms with Crippen molar-refractivity contribution in [3.8, 4) is 5.75 Å². The zero-order valence-electron chi connectivity index (χ0n) is 17.4. The predicted octanol–water partition coefficient (Wildman–Crippen LogP) is 4.61. The van der Waals surface area contributed by atoms with Crippen LogP contribution in [0.5, 0.6) is 5.75 Å². The number of likely N-dealkylation sites (tertiary alicyclic amines) is 1. The van der Waals surface area contributed by atoms with Crippen molar-refractivity contribution in [3.63, 3.8) is 0 Å². The molecule has 1 amide bonds. The Balaban J connectivity index is 1.75. The highest BCUT2D eigenvalue weighted by molar-refractivity contribution is 6.35. The van der Waals surface area contributed by atoms with E-state index in [1.807, 2.05) is 25.2 Å². The van der Waals surface area contributed by atoms with Crippen molar-refractivity contribution < 1.29 is 9.53 Å². The lowest BCUT2D eigenvalue weighted by atomic mass is 10.0. The van der Waals surface area contributed by atoms with Crippen LogP contribution in [0.4, 0.5) is 5.69 Å². The van der Waals surface area contributed by atoms with Crippen molar-refractivity contribution >= 4 is 47.1 Å². The van der Waals surface area contributed by atoms with E-state index in [9.17, 15) is 4.79 Å². The second-order valence-corrected chi connectivity index (χ2v) is 8.04. The molecule has 1 saturated heterocycles. The number of amides is 1. The summed E-state index contributed by atoms with van der Waals surface area (Å²) in [7, 11) is 1.83. The van der Waals surface area contributed by atoms with Crippen LogP contribution in [0.25, 0.3) is 5.57 Å². The molecule has 2 aromatic rings. The molecule has 3 rings (SSSR count). The Bertz CT molecular complexity index is 950. The van der Waals surface area contributed by atoms with Gasteiger partial charge in [-0.05, 0) is 42.7 Å². The van der Waals surface area contributed by atoms with Gasteiger partial charge in [0, 0.05) is 53.7 Å². The third-order valence-electron chi connectivity index (χ3n) is 5.27. The lowest BCUT2D eigenvalue weighted by Crippen LogP contribution is -2.34. The quantitative estimate of drug-likeness (QED) is 0.445. The normalized spacial score (nSPS) is 15.3. The number of hydrogen-bond donors (Lipinski definition) is 2. The molecule has 31 heavy (non-hydrogen) atoms. The molecule has 1 heterocycles. The van der Waals surface area contributed by atoms with Gasteiger partial charge in [0.05, 0.1) is 11.7 Å². The Morgan fingerprint density at radius 1 is 1.26 bits per heavy atom. The molecule has 6 nitrogen and oxygen atoms in total. The van der Waals surface area contributed by atoms with Crippen molar-refractivity contribution in [3.05, 3.63) is 63.8 Å². The Kier molecular flexibility index (Phi) is 8.20. The first-order valence-electron chi connectivity index (χ1n) is 10.1. The Morgan fingerprint density at radius 2 is 1.97 bits per heavy atom. The maximum Gasteiger partial charge on any atom is 0.209 e. The third-order valence-corrected chi connectivity index (χ3v) is 5.98. The second-order valence-electron chi connectivity index (χ2n) is 7.22. The standard InChI is InChI=1S/C23H26Cl2N4O2/c1-27-22-6-5-16(11-23(22)31-14-19-20(24)3-2-4-21(19)25)17(12-26)13-28-18-7-9-29(15-30)10-8-18/h2-6,11-13,15,18,27H,7-10,14,26H2,1H3/b17-12+,28-13?. The first-order valence-corrected chi connectivity index (χ1v) is 10.8. The second kappa shape index (κ2) is 11.1. The van der Waals surface area contributed by atoms with E-state index in [2.05, 4.69) is 10.3 Å². The molecule has 0 aliphatic carbocycles. The molecule has 1 aliphatic rings. The largest absolute Gasteiger partial charge is 0.487 e. The van der Waals surface area contributed by atoms with Crippen LogP contribution in [0.2, 0.25) is 10.0 Å². The number of allylic oxidation sites excluding steroid dienone is 1. The van der Waals surface area contributed by atoms with E-state index >= 15 is 0 Å². The first kappa shape index (κ1) is 23.0. The predicted molar refractivity (Wildman–Crippen MR) is 128 cm³/mol. The van der Waals surface area contributed by atoms with Gasteiger partial charge >= 0.3 is 0 Å². The van der Waals surface area contributed by atoms with Crippen molar-refractivity contribution in [2.24, 2.45) is 10.7 Å². The fraction of sp³-hybridized carbons (Fsp3) is 0.304. The zero-order valence-corrected chi connectivity index (χ0v) is 18.9. The van der Waals surface area contributed by atoms with Crippen LogP contribution in [0, 0.1) is 0 Å². The minimum atomic E-state index is 0.181. The van der Waals surface area contributed by atoms with E-state index in [0.717, 1.165) is 54.7 Å². The molecule has 0 saturated carbocycles. The van der Waals surface area contributed by atoms with Gasteiger partial charge in [-0.2, -0.15) is 0 Å². The van der Waals surface area contributed by atoms with E-state index in [4.69, 9.17) is 33.7 Å². The SMILES string of the molecule is CNc1ccc(/C(C=NC2CCN(C=O)CC2)=C/N)cc1OCc1c(Cl)cccc1Cl. The summed E-state index contributed by atoms with van der Waals surface area (Å²) >= 11 is 12.5. The maximum atomic E-state index is 10.9. The molecule has 164 valence electrons. The average Bonchev–Trinajstić information content (AvgIpc) is 2.79. The number of nitrogens with zero attached hydrogens (tertiary/aromatic N) is 2.